The third-order valence-corrected chi connectivity index (χ3v) is 3.23. The van der Waals surface area contributed by atoms with E-state index in [4.69, 9.17) is 16.2 Å². The van der Waals surface area contributed by atoms with Crippen LogP contribution in [0.1, 0.15) is 19.8 Å². The van der Waals surface area contributed by atoms with E-state index in [9.17, 15) is 4.79 Å². The molecular weight excluding hydrogens is 194 g/mol. The lowest BCUT2D eigenvalue weighted by Crippen LogP contribution is -2.55. The van der Waals surface area contributed by atoms with Crippen LogP contribution in [0.4, 0.5) is 0 Å². The minimum atomic E-state index is -0.288. The molecule has 5 heteroatoms. The number of hydrogen-bond donors (Lipinski definition) is 2. The third-order valence-electron chi connectivity index (χ3n) is 3.23. The Morgan fingerprint density at radius 1 is 1.67 bits per heavy atom. The predicted octanol–water partition coefficient (Wildman–Crippen LogP) is -0.702. The average molecular weight is 215 g/mol. The Hall–Kier alpha value is -0.650. The SMILES string of the molecule is COC1CCN(C(C)C(N)=O)C(CN)C1. The summed E-state index contributed by atoms with van der Waals surface area (Å²) in [6.07, 6.45) is 2.07. The van der Waals surface area contributed by atoms with E-state index in [1.807, 2.05) is 6.92 Å². The van der Waals surface area contributed by atoms with Gasteiger partial charge in [0.25, 0.3) is 0 Å². The molecule has 88 valence electrons. The molecule has 15 heavy (non-hydrogen) atoms. The Morgan fingerprint density at radius 2 is 2.33 bits per heavy atom. The van der Waals surface area contributed by atoms with Gasteiger partial charge in [-0.25, -0.2) is 0 Å². The average Bonchev–Trinajstić information content (AvgIpc) is 2.27. The molecule has 1 rings (SSSR count). The lowest BCUT2D eigenvalue weighted by molar-refractivity contribution is -0.125. The van der Waals surface area contributed by atoms with Gasteiger partial charge in [-0.15, -0.1) is 0 Å². The second-order valence-corrected chi connectivity index (χ2v) is 4.09. The number of nitrogens with two attached hydrogens (primary N) is 2. The van der Waals surface area contributed by atoms with Crippen molar-refractivity contribution < 1.29 is 9.53 Å². The van der Waals surface area contributed by atoms with Crippen molar-refractivity contribution in [2.24, 2.45) is 11.5 Å². The van der Waals surface area contributed by atoms with Crippen LogP contribution in [0.2, 0.25) is 0 Å². The first-order valence-electron chi connectivity index (χ1n) is 5.38. The van der Waals surface area contributed by atoms with Gasteiger partial charge in [0, 0.05) is 26.2 Å². The second-order valence-electron chi connectivity index (χ2n) is 4.09. The molecule has 1 aliphatic heterocycles. The zero-order chi connectivity index (χ0) is 11.4. The van der Waals surface area contributed by atoms with Crippen molar-refractivity contribution in [1.29, 1.82) is 0 Å². The van der Waals surface area contributed by atoms with Gasteiger partial charge in [0.1, 0.15) is 0 Å². The Balaban J connectivity index is 2.61. The van der Waals surface area contributed by atoms with Crippen LogP contribution in [-0.4, -0.2) is 49.2 Å². The number of carbonyl (C=O) groups is 1. The van der Waals surface area contributed by atoms with Crippen LogP contribution in [0, 0.1) is 0 Å². The van der Waals surface area contributed by atoms with Crippen molar-refractivity contribution in [3.05, 3.63) is 0 Å². The summed E-state index contributed by atoms with van der Waals surface area (Å²) in [5.74, 6) is -0.288. The fourth-order valence-electron chi connectivity index (χ4n) is 2.15. The highest BCUT2D eigenvalue weighted by molar-refractivity contribution is 5.79. The summed E-state index contributed by atoms with van der Waals surface area (Å²) in [7, 11) is 1.71. The van der Waals surface area contributed by atoms with E-state index in [0.717, 1.165) is 19.4 Å². The number of piperidine rings is 1. The van der Waals surface area contributed by atoms with Crippen molar-refractivity contribution in [3.63, 3.8) is 0 Å². The molecule has 5 nitrogen and oxygen atoms in total. The first-order valence-corrected chi connectivity index (χ1v) is 5.38. The molecule has 1 fully saturated rings. The monoisotopic (exact) mass is 215 g/mol. The molecule has 4 N–H and O–H groups in total. The lowest BCUT2D eigenvalue weighted by atomic mass is 9.97. The largest absolute Gasteiger partial charge is 0.381 e. The van der Waals surface area contributed by atoms with Crippen LogP contribution in [0.3, 0.4) is 0 Å². The highest BCUT2D eigenvalue weighted by atomic mass is 16.5. The van der Waals surface area contributed by atoms with Gasteiger partial charge in [0.05, 0.1) is 12.1 Å². The standard InChI is InChI=1S/C10H21N3O2/c1-7(10(12)14)13-4-3-9(15-2)5-8(13)6-11/h7-9H,3-6,11H2,1-2H3,(H2,12,14). The highest BCUT2D eigenvalue weighted by Gasteiger charge is 2.32. The predicted molar refractivity (Wildman–Crippen MR) is 58.2 cm³/mol. The molecular formula is C10H21N3O2. The highest BCUT2D eigenvalue weighted by Crippen LogP contribution is 2.21. The van der Waals surface area contributed by atoms with Crippen LogP contribution in [0.5, 0.6) is 0 Å². The van der Waals surface area contributed by atoms with Crippen LogP contribution >= 0.6 is 0 Å². The molecule has 0 aliphatic carbocycles. The van der Waals surface area contributed by atoms with E-state index in [-0.39, 0.29) is 24.1 Å². The Labute approximate surface area is 90.7 Å². The van der Waals surface area contributed by atoms with Crippen molar-refractivity contribution in [2.45, 2.75) is 38.0 Å². The maximum Gasteiger partial charge on any atom is 0.234 e. The van der Waals surface area contributed by atoms with E-state index >= 15 is 0 Å². The summed E-state index contributed by atoms with van der Waals surface area (Å²) in [6, 6.07) is -0.0393. The molecule has 0 aromatic rings. The summed E-state index contributed by atoms with van der Waals surface area (Å²) in [6.45, 7) is 3.19. The van der Waals surface area contributed by atoms with Gasteiger partial charge in [-0.2, -0.15) is 0 Å². The Morgan fingerprint density at radius 3 is 2.80 bits per heavy atom. The van der Waals surface area contributed by atoms with E-state index < -0.39 is 0 Å². The van der Waals surface area contributed by atoms with Crippen LogP contribution in [0.15, 0.2) is 0 Å². The van der Waals surface area contributed by atoms with Gasteiger partial charge in [0.2, 0.25) is 5.91 Å². The first-order chi connectivity index (χ1) is 7.10. The molecule has 1 aliphatic rings. The molecule has 0 aromatic carbocycles. The number of rotatable bonds is 4. The molecule has 0 radical (unpaired) electrons. The van der Waals surface area contributed by atoms with E-state index in [1.165, 1.54) is 0 Å². The summed E-state index contributed by atoms with van der Waals surface area (Å²) in [5, 5.41) is 0. The fraction of sp³-hybridized carbons (Fsp3) is 0.900. The summed E-state index contributed by atoms with van der Waals surface area (Å²) in [4.78, 5) is 13.2. The molecule has 1 saturated heterocycles. The minimum Gasteiger partial charge on any atom is -0.381 e. The van der Waals surface area contributed by atoms with Gasteiger partial charge in [0.15, 0.2) is 0 Å². The molecule has 0 saturated carbocycles. The van der Waals surface area contributed by atoms with Crippen molar-refractivity contribution in [2.75, 3.05) is 20.2 Å². The van der Waals surface area contributed by atoms with Gasteiger partial charge >= 0.3 is 0 Å². The summed E-state index contributed by atoms with van der Waals surface area (Å²) in [5.41, 5.74) is 11.0. The molecule has 0 aromatic heterocycles. The summed E-state index contributed by atoms with van der Waals surface area (Å²) < 4.78 is 5.31. The molecule has 0 spiro atoms. The van der Waals surface area contributed by atoms with Crippen LogP contribution in [0.25, 0.3) is 0 Å². The van der Waals surface area contributed by atoms with E-state index in [2.05, 4.69) is 4.90 Å². The van der Waals surface area contributed by atoms with Gasteiger partial charge in [-0.05, 0) is 19.8 Å². The molecule has 0 bridgehead atoms. The Kier molecular flexibility index (Phi) is 4.50. The smallest absolute Gasteiger partial charge is 0.234 e. The molecule has 1 amide bonds. The topological polar surface area (TPSA) is 81.6 Å². The number of methoxy groups -OCH3 is 1. The zero-order valence-corrected chi connectivity index (χ0v) is 9.48. The molecule has 1 heterocycles. The van der Waals surface area contributed by atoms with Gasteiger partial charge in [-0.1, -0.05) is 0 Å². The number of primary amides is 1. The van der Waals surface area contributed by atoms with Gasteiger partial charge < -0.3 is 16.2 Å². The quantitative estimate of drug-likeness (QED) is 0.649. The maximum absolute atomic E-state index is 11.1. The van der Waals surface area contributed by atoms with Crippen LogP contribution in [-0.2, 0) is 9.53 Å². The lowest BCUT2D eigenvalue weighted by Gasteiger charge is -2.40. The third kappa shape index (κ3) is 2.90. The van der Waals surface area contributed by atoms with Crippen molar-refractivity contribution >= 4 is 5.91 Å². The number of hydrogen-bond acceptors (Lipinski definition) is 4. The number of amides is 1. The number of ether oxygens (including phenoxy) is 1. The van der Waals surface area contributed by atoms with E-state index in [0.29, 0.717) is 6.54 Å². The normalized spacial score (nSPS) is 30.1. The number of nitrogens with zero attached hydrogens (tertiary/aromatic N) is 1. The van der Waals surface area contributed by atoms with E-state index in [1.54, 1.807) is 7.11 Å². The minimum absolute atomic E-state index is 0.200. The maximum atomic E-state index is 11.1. The molecule has 3 unspecified atom stereocenters. The Bertz CT molecular complexity index is 223. The second kappa shape index (κ2) is 5.44. The van der Waals surface area contributed by atoms with Gasteiger partial charge in [-0.3, -0.25) is 9.69 Å². The number of likely N-dealkylation sites (tertiary alicyclic amines) is 1. The zero-order valence-electron chi connectivity index (χ0n) is 9.48. The first kappa shape index (κ1) is 12.4. The van der Waals surface area contributed by atoms with Crippen LogP contribution < -0.4 is 11.5 Å². The number of carbonyl (C=O) groups excluding carboxylic acids is 1. The fourth-order valence-corrected chi connectivity index (χ4v) is 2.15. The van der Waals surface area contributed by atoms with Crippen molar-refractivity contribution in [3.8, 4) is 0 Å². The molecule has 3 atom stereocenters. The summed E-state index contributed by atoms with van der Waals surface area (Å²) >= 11 is 0. The van der Waals surface area contributed by atoms with Crippen molar-refractivity contribution in [1.82, 2.24) is 4.90 Å².